The molecule has 0 spiro atoms. The summed E-state index contributed by atoms with van der Waals surface area (Å²) in [4.78, 5) is 12.3. The Morgan fingerprint density at radius 1 is 0.971 bits per heavy atom. The monoisotopic (exact) mass is 473 g/mol. The molecule has 9 heteroatoms. The van der Waals surface area contributed by atoms with Gasteiger partial charge in [0.25, 0.3) is 5.91 Å². The zero-order valence-corrected chi connectivity index (χ0v) is 19.0. The van der Waals surface area contributed by atoms with E-state index in [9.17, 15) is 15.0 Å². The summed E-state index contributed by atoms with van der Waals surface area (Å²) in [7, 11) is 0. The van der Waals surface area contributed by atoms with Crippen LogP contribution in [0, 0.1) is 0 Å². The van der Waals surface area contributed by atoms with Crippen molar-refractivity contribution in [2.45, 2.75) is 18.0 Å². The molecule has 1 aromatic heterocycles. The summed E-state index contributed by atoms with van der Waals surface area (Å²) in [5, 5.41) is 32.3. The summed E-state index contributed by atoms with van der Waals surface area (Å²) >= 11 is 1.26. The molecule has 0 aliphatic heterocycles. The second-order valence-electron chi connectivity index (χ2n) is 7.38. The van der Waals surface area contributed by atoms with Crippen molar-refractivity contribution >= 4 is 23.9 Å². The third kappa shape index (κ3) is 6.02. The molecule has 4 aromatic rings. The van der Waals surface area contributed by atoms with Gasteiger partial charge in [-0.2, -0.15) is 5.10 Å². The van der Waals surface area contributed by atoms with Gasteiger partial charge in [-0.05, 0) is 36.2 Å². The fourth-order valence-corrected chi connectivity index (χ4v) is 4.03. The average molecular weight is 474 g/mol. The summed E-state index contributed by atoms with van der Waals surface area (Å²) in [6.07, 6.45) is 2.85. The second-order valence-corrected chi connectivity index (χ2v) is 8.32. The summed E-state index contributed by atoms with van der Waals surface area (Å²) in [5.41, 5.74) is 4.96. The van der Waals surface area contributed by atoms with Gasteiger partial charge in [0.1, 0.15) is 17.3 Å². The predicted molar refractivity (Wildman–Crippen MR) is 131 cm³/mol. The number of aryl methyl sites for hydroxylation is 2. The molecule has 0 saturated heterocycles. The fraction of sp³-hybridized carbons (Fsp3) is 0.120. The fourth-order valence-electron chi connectivity index (χ4n) is 3.27. The number of nitrogens with zero attached hydrogens (tertiary/aromatic N) is 4. The van der Waals surface area contributed by atoms with Gasteiger partial charge in [0, 0.05) is 23.7 Å². The summed E-state index contributed by atoms with van der Waals surface area (Å²) < 4.78 is 1.97. The minimum atomic E-state index is -0.326. The van der Waals surface area contributed by atoms with Crippen molar-refractivity contribution in [1.82, 2.24) is 20.2 Å². The lowest BCUT2D eigenvalue weighted by atomic mass is 10.1. The zero-order chi connectivity index (χ0) is 23.8. The van der Waals surface area contributed by atoms with Crippen molar-refractivity contribution < 1.29 is 15.0 Å². The lowest BCUT2D eigenvalue weighted by molar-refractivity contribution is -0.118. The highest BCUT2D eigenvalue weighted by molar-refractivity contribution is 7.99. The van der Waals surface area contributed by atoms with Gasteiger partial charge >= 0.3 is 0 Å². The number of thioether (sulfide) groups is 1. The Hall–Kier alpha value is -4.11. The van der Waals surface area contributed by atoms with Gasteiger partial charge in [0.2, 0.25) is 0 Å². The van der Waals surface area contributed by atoms with E-state index >= 15 is 0 Å². The van der Waals surface area contributed by atoms with E-state index in [2.05, 4.69) is 32.9 Å². The smallest absolute Gasteiger partial charge is 0.250 e. The van der Waals surface area contributed by atoms with Crippen LogP contribution in [0.2, 0.25) is 0 Å². The Labute approximate surface area is 201 Å². The third-order valence-electron chi connectivity index (χ3n) is 4.93. The van der Waals surface area contributed by atoms with E-state index in [1.165, 1.54) is 41.7 Å². The molecule has 0 fully saturated rings. The predicted octanol–water partition coefficient (Wildman–Crippen LogP) is 3.71. The van der Waals surface area contributed by atoms with Crippen molar-refractivity contribution in [2.24, 2.45) is 5.10 Å². The van der Waals surface area contributed by atoms with Gasteiger partial charge in [-0.3, -0.25) is 9.36 Å². The molecule has 8 nitrogen and oxygen atoms in total. The van der Waals surface area contributed by atoms with Crippen LogP contribution in [0.25, 0.3) is 5.69 Å². The van der Waals surface area contributed by atoms with Crippen LogP contribution in [0.1, 0.15) is 17.0 Å². The molecule has 0 bridgehead atoms. The number of hydrogen-bond donors (Lipinski definition) is 3. The van der Waals surface area contributed by atoms with Crippen molar-refractivity contribution in [3.63, 3.8) is 0 Å². The Morgan fingerprint density at radius 2 is 1.71 bits per heavy atom. The molecule has 1 heterocycles. The van der Waals surface area contributed by atoms with Crippen LogP contribution in [-0.2, 0) is 17.6 Å². The first-order valence-corrected chi connectivity index (χ1v) is 11.6. The Bertz CT molecular complexity index is 1280. The van der Waals surface area contributed by atoms with Crippen LogP contribution in [-0.4, -0.2) is 42.9 Å². The van der Waals surface area contributed by atoms with E-state index in [-0.39, 0.29) is 23.2 Å². The number of para-hydroxylation sites is 1. The third-order valence-corrected chi connectivity index (χ3v) is 5.86. The maximum Gasteiger partial charge on any atom is 0.250 e. The maximum absolute atomic E-state index is 12.3. The summed E-state index contributed by atoms with van der Waals surface area (Å²) in [6, 6.07) is 24.1. The minimum Gasteiger partial charge on any atom is -0.508 e. The molecule has 172 valence electrons. The molecule has 0 aliphatic carbocycles. The highest BCUT2D eigenvalue weighted by atomic mass is 32.2. The first kappa shape index (κ1) is 23.1. The topological polar surface area (TPSA) is 113 Å². The molecule has 0 atom stereocenters. The number of carbonyl (C=O) groups excluding carboxylic acids is 1. The van der Waals surface area contributed by atoms with Gasteiger partial charge in [0.15, 0.2) is 5.16 Å². The highest BCUT2D eigenvalue weighted by Gasteiger charge is 2.16. The minimum absolute atomic E-state index is 0.0549. The quantitative estimate of drug-likeness (QED) is 0.194. The molecule has 3 aromatic carbocycles. The van der Waals surface area contributed by atoms with Crippen LogP contribution in [0.15, 0.2) is 89.1 Å². The van der Waals surface area contributed by atoms with Crippen molar-refractivity contribution in [2.75, 3.05) is 5.75 Å². The Morgan fingerprint density at radius 3 is 2.44 bits per heavy atom. The number of rotatable bonds is 9. The number of hydrazone groups is 1. The van der Waals surface area contributed by atoms with E-state index in [1.807, 2.05) is 53.1 Å². The Balaban J connectivity index is 1.42. The number of hydrogen-bond acceptors (Lipinski definition) is 7. The van der Waals surface area contributed by atoms with Crippen molar-refractivity contribution in [3.05, 3.63) is 95.8 Å². The van der Waals surface area contributed by atoms with Gasteiger partial charge in [0.05, 0.1) is 12.0 Å². The first-order valence-electron chi connectivity index (χ1n) is 10.6. The van der Waals surface area contributed by atoms with E-state index in [1.54, 1.807) is 0 Å². The normalized spacial score (nSPS) is 11.1. The largest absolute Gasteiger partial charge is 0.508 e. The van der Waals surface area contributed by atoms with Crippen LogP contribution in [0.5, 0.6) is 11.5 Å². The van der Waals surface area contributed by atoms with Crippen LogP contribution < -0.4 is 5.43 Å². The van der Waals surface area contributed by atoms with Gasteiger partial charge in [-0.15, -0.1) is 10.2 Å². The SMILES string of the molecule is O=C(CSc1nnc(CCc2ccccc2)n1-c1ccccc1)N/N=C\c1ccc(O)cc1O. The first-order chi connectivity index (χ1) is 16.6. The number of carbonyl (C=O) groups is 1. The number of aromatic hydroxyl groups is 2. The summed E-state index contributed by atoms with van der Waals surface area (Å²) in [6.45, 7) is 0. The standard InChI is InChI=1S/C25H23N5O3S/c31-21-13-12-19(22(32)15-21)16-26-28-24(33)17-34-25-29-27-23(14-11-18-7-3-1-4-8-18)30(25)20-9-5-2-6-10-20/h1-10,12-13,15-16,31-32H,11,14,17H2,(H,28,33)/b26-16-. The number of amides is 1. The molecule has 4 rings (SSSR count). The average Bonchev–Trinajstić information content (AvgIpc) is 3.27. The molecular weight excluding hydrogens is 450 g/mol. The number of nitrogens with one attached hydrogen (secondary N) is 1. The van der Waals surface area contributed by atoms with Gasteiger partial charge in [-0.1, -0.05) is 60.3 Å². The number of phenols is 2. The molecule has 0 aliphatic rings. The van der Waals surface area contributed by atoms with Gasteiger partial charge < -0.3 is 10.2 Å². The van der Waals surface area contributed by atoms with Crippen molar-refractivity contribution in [3.8, 4) is 17.2 Å². The van der Waals surface area contributed by atoms with Crippen LogP contribution >= 0.6 is 11.8 Å². The van der Waals surface area contributed by atoms with E-state index in [4.69, 9.17) is 0 Å². The zero-order valence-electron chi connectivity index (χ0n) is 18.2. The lowest BCUT2D eigenvalue weighted by Gasteiger charge is -2.10. The van der Waals surface area contributed by atoms with E-state index in [0.29, 0.717) is 17.1 Å². The molecule has 0 unspecified atom stereocenters. The molecule has 0 saturated carbocycles. The highest BCUT2D eigenvalue weighted by Crippen LogP contribution is 2.23. The van der Waals surface area contributed by atoms with E-state index < -0.39 is 0 Å². The van der Waals surface area contributed by atoms with Crippen LogP contribution in [0.4, 0.5) is 0 Å². The summed E-state index contributed by atoms with van der Waals surface area (Å²) in [5.74, 6) is 0.390. The maximum atomic E-state index is 12.3. The molecule has 34 heavy (non-hydrogen) atoms. The lowest BCUT2D eigenvalue weighted by Crippen LogP contribution is -2.20. The van der Waals surface area contributed by atoms with Crippen LogP contribution in [0.3, 0.4) is 0 Å². The second kappa shape index (κ2) is 11.2. The molecule has 1 amide bonds. The molecular formula is C25H23N5O3S. The number of phenolic OH excluding ortho intramolecular Hbond substituents is 2. The number of benzene rings is 3. The number of aromatic nitrogens is 3. The van der Waals surface area contributed by atoms with Gasteiger partial charge in [-0.25, -0.2) is 5.43 Å². The Kier molecular flexibility index (Phi) is 7.56. The molecule has 0 radical (unpaired) electrons. The molecule has 3 N–H and O–H groups in total. The van der Waals surface area contributed by atoms with E-state index in [0.717, 1.165) is 17.9 Å². The van der Waals surface area contributed by atoms with Crippen molar-refractivity contribution in [1.29, 1.82) is 0 Å².